The van der Waals surface area contributed by atoms with Crippen LogP contribution in [0.15, 0.2) is 18.3 Å². The van der Waals surface area contributed by atoms with Gasteiger partial charge in [0.25, 0.3) is 0 Å². The molecule has 1 fully saturated rings. The van der Waals surface area contributed by atoms with Crippen LogP contribution >= 0.6 is 23.1 Å². The number of rotatable bonds is 8. The van der Waals surface area contributed by atoms with Crippen LogP contribution in [0.25, 0.3) is 0 Å². The summed E-state index contributed by atoms with van der Waals surface area (Å²) in [7, 11) is 5.83. The number of nitrogens with zero attached hydrogens (tertiary/aromatic N) is 8. The molecule has 0 aromatic carbocycles. The molecule has 2 atom stereocenters. The van der Waals surface area contributed by atoms with E-state index in [1.807, 2.05) is 68.7 Å². The van der Waals surface area contributed by atoms with Gasteiger partial charge in [-0.1, -0.05) is 6.07 Å². The van der Waals surface area contributed by atoms with Crippen LogP contribution in [0, 0.1) is 22.7 Å². The van der Waals surface area contributed by atoms with Gasteiger partial charge in [-0.15, -0.1) is 23.1 Å². The molecule has 2 aliphatic rings. The lowest BCUT2D eigenvalue weighted by Crippen LogP contribution is -2.57. The lowest BCUT2D eigenvalue weighted by Gasteiger charge is -2.48. The molecule has 0 radical (unpaired) electrons. The van der Waals surface area contributed by atoms with E-state index in [1.165, 1.54) is 11.3 Å². The number of nitrogen functional groups attached to an aromatic ring is 2. The molecule has 3 aromatic heterocycles. The normalized spacial score (nSPS) is 16.6. The lowest BCUT2D eigenvalue weighted by atomic mass is 9.88. The molecule has 4 N–H and O–H groups in total. The fourth-order valence-electron chi connectivity index (χ4n) is 5.40. The quantitative estimate of drug-likeness (QED) is 0.404. The molecule has 1 saturated heterocycles. The third-order valence-corrected chi connectivity index (χ3v) is 10.0. The van der Waals surface area contributed by atoms with Gasteiger partial charge in [0.1, 0.15) is 34.6 Å². The Balaban J connectivity index is 1.53. The number of hydrogen-bond acceptors (Lipinski definition) is 13. The number of likely N-dealkylation sites (N-methyl/N-ethyl adjacent to an activating group) is 1. The van der Waals surface area contributed by atoms with Gasteiger partial charge in [-0.2, -0.15) is 20.5 Å². The van der Waals surface area contributed by atoms with Crippen LogP contribution < -0.4 is 26.0 Å². The molecule has 0 amide bonds. The molecule has 0 saturated carbocycles. The molecular weight excluding hydrogens is 545 g/mol. The third-order valence-electron chi connectivity index (χ3n) is 7.37. The third kappa shape index (κ3) is 4.74. The minimum Gasteiger partial charge on any atom is -0.459 e. The van der Waals surface area contributed by atoms with E-state index in [1.54, 1.807) is 6.20 Å². The van der Waals surface area contributed by atoms with Gasteiger partial charge >= 0.3 is 6.01 Å². The van der Waals surface area contributed by atoms with Gasteiger partial charge in [-0.25, -0.2) is 4.98 Å². The Bertz CT molecular complexity index is 1520. The highest BCUT2D eigenvalue weighted by molar-refractivity contribution is 8.00. The van der Waals surface area contributed by atoms with Gasteiger partial charge in [0.2, 0.25) is 0 Å². The summed E-state index contributed by atoms with van der Waals surface area (Å²) in [6.07, 6.45) is 1.47. The molecule has 5 rings (SSSR count). The molecule has 2 aliphatic heterocycles. The van der Waals surface area contributed by atoms with E-state index in [0.717, 1.165) is 21.8 Å². The van der Waals surface area contributed by atoms with Crippen LogP contribution in [0.4, 0.5) is 22.5 Å². The summed E-state index contributed by atoms with van der Waals surface area (Å²) in [4.78, 5) is 20.9. The molecule has 3 aromatic rings. The first kappa shape index (κ1) is 27.8. The number of fused-ring (bicyclic) bond motifs is 2. The van der Waals surface area contributed by atoms with Gasteiger partial charge in [0.05, 0.1) is 16.4 Å². The minimum atomic E-state index is -0.255. The van der Waals surface area contributed by atoms with Crippen molar-refractivity contribution in [2.24, 2.45) is 0 Å². The predicted octanol–water partition coefficient (Wildman–Crippen LogP) is 3.33. The van der Waals surface area contributed by atoms with Crippen LogP contribution in [-0.2, 0) is 10.5 Å². The van der Waals surface area contributed by atoms with E-state index in [0.29, 0.717) is 53.2 Å². The van der Waals surface area contributed by atoms with E-state index < -0.39 is 0 Å². The van der Waals surface area contributed by atoms with Crippen molar-refractivity contribution < 1.29 is 4.74 Å². The first-order valence-electron chi connectivity index (χ1n) is 12.9. The summed E-state index contributed by atoms with van der Waals surface area (Å²) in [6.45, 7) is 5.83. The molecule has 40 heavy (non-hydrogen) atoms. The second-order valence-electron chi connectivity index (χ2n) is 10.5. The summed E-state index contributed by atoms with van der Waals surface area (Å²) >= 11 is 3.32. The number of pyridine rings is 1. The van der Waals surface area contributed by atoms with Crippen molar-refractivity contribution in [1.29, 1.82) is 10.5 Å². The summed E-state index contributed by atoms with van der Waals surface area (Å²) in [5, 5.41) is 20.7. The lowest BCUT2D eigenvalue weighted by molar-refractivity contribution is 0.163. The summed E-state index contributed by atoms with van der Waals surface area (Å²) < 4.78 is 5.92. The maximum atomic E-state index is 10.4. The first-order chi connectivity index (χ1) is 19.1. The monoisotopic (exact) mass is 576 g/mol. The highest BCUT2D eigenvalue weighted by Crippen LogP contribution is 2.58. The number of aromatic nitrogens is 3. The average molecular weight is 577 g/mol. The van der Waals surface area contributed by atoms with Crippen molar-refractivity contribution in [3.63, 3.8) is 0 Å². The van der Waals surface area contributed by atoms with Gasteiger partial charge in [0, 0.05) is 54.6 Å². The molecule has 11 nitrogen and oxygen atoms in total. The van der Waals surface area contributed by atoms with Gasteiger partial charge in [-0.05, 0) is 34.0 Å². The van der Waals surface area contributed by atoms with Crippen LogP contribution in [0.1, 0.15) is 47.0 Å². The summed E-state index contributed by atoms with van der Waals surface area (Å²) in [5.41, 5.74) is 15.2. The zero-order chi connectivity index (χ0) is 28.8. The number of thioether (sulfide) groups is 1. The first-order valence-corrected chi connectivity index (χ1v) is 14.7. The van der Waals surface area contributed by atoms with Crippen molar-refractivity contribution >= 4 is 45.6 Å². The number of anilines is 4. The van der Waals surface area contributed by atoms with E-state index in [4.69, 9.17) is 26.2 Å². The van der Waals surface area contributed by atoms with Crippen molar-refractivity contribution in [2.75, 3.05) is 62.0 Å². The van der Waals surface area contributed by atoms with Crippen LogP contribution in [0.5, 0.6) is 6.01 Å². The topological polar surface area (TPSA) is 157 Å². The Kier molecular flexibility index (Phi) is 7.40. The molecule has 5 heterocycles. The zero-order valence-electron chi connectivity index (χ0n) is 23.2. The van der Waals surface area contributed by atoms with Crippen molar-refractivity contribution in [1.82, 2.24) is 19.9 Å². The number of thiophene rings is 1. The highest BCUT2D eigenvalue weighted by Gasteiger charge is 2.53. The van der Waals surface area contributed by atoms with E-state index in [9.17, 15) is 10.5 Å². The fourth-order valence-corrected chi connectivity index (χ4v) is 8.21. The Hall–Kier alpha value is -3.78. The Morgan fingerprint density at radius 1 is 1.15 bits per heavy atom. The van der Waals surface area contributed by atoms with Crippen molar-refractivity contribution in [3.8, 4) is 18.1 Å². The maximum absolute atomic E-state index is 10.4. The second kappa shape index (κ2) is 10.7. The average Bonchev–Trinajstić information content (AvgIpc) is 3.41. The standard InChI is InChI=1S/C27H32N10OS2/c1-15(11-35(3)4)38-26-33-24(36(5)16(2)17-7-6-8-32-22(17)30)19(10-29)25(34-26)37-13-27(14-37)21-18(9-28)23(31)40-20(21)12-39-27/h6-8,15-16H,11-14,31H2,1-5H3,(H2,30,32)/t15-,16+/m0/s1. The SMILES string of the molecule is C[C@H](c1cccnc1N)N(C)c1nc(O[C@@H](C)CN(C)C)nc(N2CC3(C2)SCc2sc(N)c(C#N)c23)c1C#N. The fraction of sp³-hybridized carbons (Fsp3) is 0.444. The Morgan fingerprint density at radius 2 is 1.88 bits per heavy atom. The van der Waals surface area contributed by atoms with Gasteiger partial charge in [-0.3, -0.25) is 0 Å². The summed E-state index contributed by atoms with van der Waals surface area (Å²) in [6, 6.07) is 8.40. The second-order valence-corrected chi connectivity index (χ2v) is 13.0. The van der Waals surface area contributed by atoms with Crippen LogP contribution in [-0.4, -0.2) is 66.7 Å². The van der Waals surface area contributed by atoms with Crippen LogP contribution in [0.3, 0.4) is 0 Å². The Morgan fingerprint density at radius 3 is 2.52 bits per heavy atom. The highest BCUT2D eigenvalue weighted by atomic mass is 32.2. The number of ether oxygens (including phenoxy) is 1. The van der Waals surface area contributed by atoms with Gasteiger partial charge in [0.15, 0.2) is 11.6 Å². The minimum absolute atomic E-state index is 0.178. The molecule has 13 heteroatoms. The number of nitriles is 2. The molecule has 0 bridgehead atoms. The predicted molar refractivity (Wildman–Crippen MR) is 159 cm³/mol. The van der Waals surface area contributed by atoms with Gasteiger partial charge < -0.3 is 30.9 Å². The molecule has 0 unspecified atom stereocenters. The zero-order valence-corrected chi connectivity index (χ0v) is 24.8. The molecule has 208 valence electrons. The van der Waals surface area contributed by atoms with E-state index in [-0.39, 0.29) is 22.9 Å². The largest absolute Gasteiger partial charge is 0.459 e. The molecular formula is C27H32N10OS2. The maximum Gasteiger partial charge on any atom is 0.320 e. The smallest absolute Gasteiger partial charge is 0.320 e. The van der Waals surface area contributed by atoms with Crippen molar-refractivity contribution in [2.45, 2.75) is 36.5 Å². The molecule has 0 aliphatic carbocycles. The van der Waals surface area contributed by atoms with E-state index in [2.05, 4.69) is 22.0 Å². The van der Waals surface area contributed by atoms with E-state index >= 15 is 0 Å². The summed E-state index contributed by atoms with van der Waals surface area (Å²) in [5.74, 6) is 2.21. The number of hydrogen-bond donors (Lipinski definition) is 2. The Labute approximate surface area is 242 Å². The van der Waals surface area contributed by atoms with Crippen molar-refractivity contribution in [3.05, 3.63) is 45.5 Å². The number of nitrogens with two attached hydrogens (primary N) is 2. The molecule has 1 spiro atoms. The van der Waals surface area contributed by atoms with Crippen LogP contribution in [0.2, 0.25) is 0 Å².